The molecule has 2 aromatic rings. The van der Waals surface area contributed by atoms with Gasteiger partial charge in [-0.3, -0.25) is 9.59 Å². The molecule has 1 fully saturated rings. The largest absolute Gasteiger partial charge is 0.484 e. The van der Waals surface area contributed by atoms with Gasteiger partial charge in [-0.2, -0.15) is 0 Å². The van der Waals surface area contributed by atoms with Gasteiger partial charge in [0.25, 0.3) is 11.8 Å². The van der Waals surface area contributed by atoms with Gasteiger partial charge in [-0.05, 0) is 43.2 Å². The maximum absolute atomic E-state index is 12.4. The highest BCUT2D eigenvalue weighted by atomic mass is 16.5. The van der Waals surface area contributed by atoms with Crippen molar-refractivity contribution in [3.05, 3.63) is 59.7 Å². The summed E-state index contributed by atoms with van der Waals surface area (Å²) in [5.41, 5.74) is 2.41. The van der Waals surface area contributed by atoms with Gasteiger partial charge in [0.1, 0.15) is 11.5 Å². The fraction of sp³-hybridized carbons (Fsp3) is 0.417. The molecule has 0 N–H and O–H groups in total. The third-order valence-corrected chi connectivity index (χ3v) is 5.19. The summed E-state index contributed by atoms with van der Waals surface area (Å²) in [5, 5.41) is 0. The van der Waals surface area contributed by atoms with E-state index in [-0.39, 0.29) is 25.0 Å². The fourth-order valence-corrected chi connectivity index (χ4v) is 3.35. The minimum atomic E-state index is -0.0638. The molecule has 1 heterocycles. The first-order valence-electron chi connectivity index (χ1n) is 10.5. The van der Waals surface area contributed by atoms with E-state index in [1.165, 1.54) is 5.56 Å². The van der Waals surface area contributed by atoms with Crippen molar-refractivity contribution < 1.29 is 19.1 Å². The Morgan fingerprint density at radius 3 is 1.63 bits per heavy atom. The first-order chi connectivity index (χ1) is 14.5. The second kappa shape index (κ2) is 10.7. The quantitative estimate of drug-likeness (QED) is 0.671. The number of amides is 2. The Balaban J connectivity index is 1.38. The monoisotopic (exact) mass is 410 g/mol. The molecule has 1 aliphatic rings. The smallest absolute Gasteiger partial charge is 0.260 e. The predicted octanol–water partition coefficient (Wildman–Crippen LogP) is 3.08. The highest BCUT2D eigenvalue weighted by molar-refractivity contribution is 5.80. The van der Waals surface area contributed by atoms with Crippen molar-refractivity contribution in [1.29, 1.82) is 0 Å². The van der Waals surface area contributed by atoms with Gasteiger partial charge in [0, 0.05) is 26.2 Å². The van der Waals surface area contributed by atoms with Crippen LogP contribution in [0.1, 0.15) is 24.5 Å². The van der Waals surface area contributed by atoms with Crippen LogP contribution in [0.4, 0.5) is 0 Å². The van der Waals surface area contributed by atoms with Gasteiger partial charge in [0.05, 0.1) is 0 Å². The minimum Gasteiger partial charge on any atom is -0.484 e. The van der Waals surface area contributed by atoms with E-state index >= 15 is 0 Å². The molecule has 0 saturated carbocycles. The molecule has 160 valence electrons. The lowest BCUT2D eigenvalue weighted by Gasteiger charge is -2.34. The molecule has 3 rings (SSSR count). The van der Waals surface area contributed by atoms with Crippen LogP contribution >= 0.6 is 0 Å². The van der Waals surface area contributed by atoms with E-state index in [0.29, 0.717) is 37.7 Å². The summed E-state index contributed by atoms with van der Waals surface area (Å²) in [6.45, 7) is 6.20. The van der Waals surface area contributed by atoms with Crippen LogP contribution in [-0.2, 0) is 16.0 Å². The molecule has 2 amide bonds. The zero-order valence-electron chi connectivity index (χ0n) is 17.8. The lowest BCUT2D eigenvalue weighted by Crippen LogP contribution is -2.52. The molecule has 1 aliphatic heterocycles. The summed E-state index contributed by atoms with van der Waals surface area (Å²) in [6, 6.07) is 15.5. The maximum Gasteiger partial charge on any atom is 0.260 e. The minimum absolute atomic E-state index is 0.00808. The molecular weight excluding hydrogens is 380 g/mol. The van der Waals surface area contributed by atoms with Crippen molar-refractivity contribution in [3.8, 4) is 11.5 Å². The van der Waals surface area contributed by atoms with E-state index in [1.807, 2.05) is 55.5 Å². The van der Waals surface area contributed by atoms with Crippen LogP contribution in [0.3, 0.4) is 0 Å². The highest BCUT2D eigenvalue weighted by Gasteiger charge is 2.24. The second-order valence-electron chi connectivity index (χ2n) is 7.55. The van der Waals surface area contributed by atoms with E-state index in [2.05, 4.69) is 6.92 Å². The van der Waals surface area contributed by atoms with Crippen molar-refractivity contribution in [2.24, 2.45) is 0 Å². The molecule has 0 aliphatic carbocycles. The van der Waals surface area contributed by atoms with Gasteiger partial charge in [-0.25, -0.2) is 0 Å². The first kappa shape index (κ1) is 21.7. The van der Waals surface area contributed by atoms with Gasteiger partial charge >= 0.3 is 0 Å². The molecule has 2 aromatic carbocycles. The topological polar surface area (TPSA) is 59.1 Å². The van der Waals surface area contributed by atoms with Crippen molar-refractivity contribution in [2.75, 3.05) is 39.4 Å². The van der Waals surface area contributed by atoms with Crippen LogP contribution in [0.5, 0.6) is 11.5 Å². The van der Waals surface area contributed by atoms with Crippen LogP contribution in [-0.4, -0.2) is 61.0 Å². The summed E-state index contributed by atoms with van der Waals surface area (Å²) in [7, 11) is 0. The van der Waals surface area contributed by atoms with Crippen LogP contribution < -0.4 is 9.47 Å². The number of hydrogen-bond donors (Lipinski definition) is 0. The molecule has 1 saturated heterocycles. The predicted molar refractivity (Wildman–Crippen MR) is 116 cm³/mol. The molecule has 6 heteroatoms. The molecule has 0 unspecified atom stereocenters. The second-order valence-corrected chi connectivity index (χ2v) is 7.55. The molecular formula is C24H30N2O4. The number of carbonyl (C=O) groups excluding carboxylic acids is 2. The van der Waals surface area contributed by atoms with Crippen molar-refractivity contribution in [1.82, 2.24) is 9.80 Å². The van der Waals surface area contributed by atoms with E-state index in [1.54, 1.807) is 9.80 Å². The Morgan fingerprint density at radius 2 is 1.20 bits per heavy atom. The Bertz CT molecular complexity index is 825. The number of aryl methyl sites for hydroxylation is 2. The Morgan fingerprint density at radius 1 is 0.767 bits per heavy atom. The fourth-order valence-electron chi connectivity index (χ4n) is 3.35. The van der Waals surface area contributed by atoms with Crippen LogP contribution in [0.25, 0.3) is 0 Å². The lowest BCUT2D eigenvalue weighted by molar-refractivity contribution is -0.141. The number of ether oxygens (including phenoxy) is 2. The number of hydrogen-bond acceptors (Lipinski definition) is 4. The third kappa shape index (κ3) is 6.24. The van der Waals surface area contributed by atoms with Crippen LogP contribution in [0.15, 0.2) is 48.5 Å². The van der Waals surface area contributed by atoms with Gasteiger partial charge in [0.2, 0.25) is 0 Å². The third-order valence-electron chi connectivity index (χ3n) is 5.19. The van der Waals surface area contributed by atoms with Crippen molar-refractivity contribution in [3.63, 3.8) is 0 Å². The maximum atomic E-state index is 12.4. The van der Waals surface area contributed by atoms with Gasteiger partial charge < -0.3 is 19.3 Å². The lowest BCUT2D eigenvalue weighted by atomic mass is 10.1. The Hall–Kier alpha value is -3.02. The summed E-state index contributed by atoms with van der Waals surface area (Å²) in [5.74, 6) is 1.26. The Kier molecular flexibility index (Phi) is 7.71. The summed E-state index contributed by atoms with van der Waals surface area (Å²) in [6.07, 6.45) is 2.14. The number of carbonyl (C=O) groups is 2. The zero-order valence-corrected chi connectivity index (χ0v) is 17.8. The van der Waals surface area contributed by atoms with Gasteiger partial charge in [-0.1, -0.05) is 43.2 Å². The molecule has 0 spiro atoms. The van der Waals surface area contributed by atoms with E-state index in [9.17, 15) is 9.59 Å². The molecule has 0 aromatic heterocycles. The SMILES string of the molecule is CCCc1ccc(OCC(=O)N2CCN(C(=O)COc3ccc(C)cc3)CC2)cc1. The summed E-state index contributed by atoms with van der Waals surface area (Å²) < 4.78 is 11.2. The number of piperazine rings is 1. The number of nitrogens with zero attached hydrogens (tertiary/aromatic N) is 2. The highest BCUT2D eigenvalue weighted by Crippen LogP contribution is 2.14. The van der Waals surface area contributed by atoms with Crippen LogP contribution in [0, 0.1) is 6.92 Å². The van der Waals surface area contributed by atoms with Crippen molar-refractivity contribution in [2.45, 2.75) is 26.7 Å². The van der Waals surface area contributed by atoms with Gasteiger partial charge in [-0.15, -0.1) is 0 Å². The number of benzene rings is 2. The summed E-state index contributed by atoms with van der Waals surface area (Å²) >= 11 is 0. The summed E-state index contributed by atoms with van der Waals surface area (Å²) in [4.78, 5) is 28.3. The number of rotatable bonds is 8. The molecule has 6 nitrogen and oxygen atoms in total. The van der Waals surface area contributed by atoms with Gasteiger partial charge in [0.15, 0.2) is 13.2 Å². The van der Waals surface area contributed by atoms with E-state index < -0.39 is 0 Å². The van der Waals surface area contributed by atoms with Crippen LogP contribution in [0.2, 0.25) is 0 Å². The average molecular weight is 411 g/mol. The molecule has 0 radical (unpaired) electrons. The van der Waals surface area contributed by atoms with E-state index in [4.69, 9.17) is 9.47 Å². The van der Waals surface area contributed by atoms with E-state index in [0.717, 1.165) is 18.4 Å². The molecule has 0 atom stereocenters. The Labute approximate surface area is 178 Å². The normalized spacial score (nSPS) is 13.8. The van der Waals surface area contributed by atoms with Crippen molar-refractivity contribution >= 4 is 11.8 Å². The molecule has 0 bridgehead atoms. The average Bonchev–Trinajstić information content (AvgIpc) is 2.78. The first-order valence-corrected chi connectivity index (χ1v) is 10.5. The zero-order chi connectivity index (χ0) is 21.3. The molecule has 30 heavy (non-hydrogen) atoms. The standard InChI is InChI=1S/C24H30N2O4/c1-3-4-20-7-11-22(12-8-20)30-18-24(28)26-15-13-25(14-16-26)23(27)17-29-21-9-5-19(2)6-10-21/h5-12H,3-4,13-18H2,1-2H3.